The second-order valence-electron chi connectivity index (χ2n) is 12.1. The molecule has 3 fully saturated rings. The molecular formula is C32H38ClF3N4O4. The van der Waals surface area contributed by atoms with E-state index < -0.39 is 17.8 Å². The van der Waals surface area contributed by atoms with Gasteiger partial charge in [-0.05, 0) is 73.7 Å². The molecule has 0 aliphatic carbocycles. The fourth-order valence-electron chi connectivity index (χ4n) is 6.45. The predicted octanol–water partition coefficient (Wildman–Crippen LogP) is 5.72. The van der Waals surface area contributed by atoms with Gasteiger partial charge in [0.2, 0.25) is 5.91 Å². The van der Waals surface area contributed by atoms with E-state index in [0.29, 0.717) is 74.5 Å². The van der Waals surface area contributed by atoms with Crippen LogP contribution in [0.3, 0.4) is 0 Å². The minimum absolute atomic E-state index is 0.0233. The van der Waals surface area contributed by atoms with Crippen molar-refractivity contribution in [1.82, 2.24) is 14.7 Å². The van der Waals surface area contributed by atoms with E-state index in [1.807, 2.05) is 19.1 Å². The minimum atomic E-state index is -4.44. The topological polar surface area (TPSA) is 73.4 Å². The van der Waals surface area contributed by atoms with E-state index in [1.165, 1.54) is 12.1 Å². The van der Waals surface area contributed by atoms with E-state index in [-0.39, 0.29) is 23.5 Å². The quantitative estimate of drug-likeness (QED) is 0.390. The molecule has 3 saturated heterocycles. The molecule has 44 heavy (non-hydrogen) atoms. The molecule has 0 N–H and O–H groups in total. The van der Waals surface area contributed by atoms with E-state index in [2.05, 4.69) is 4.90 Å². The van der Waals surface area contributed by atoms with E-state index in [0.717, 1.165) is 37.3 Å². The van der Waals surface area contributed by atoms with Gasteiger partial charge in [-0.15, -0.1) is 0 Å². The van der Waals surface area contributed by atoms with E-state index in [4.69, 9.17) is 16.3 Å². The number of carbonyl (C=O) groups is 3. The van der Waals surface area contributed by atoms with Crippen LogP contribution in [0.5, 0.6) is 0 Å². The molecular weight excluding hydrogens is 597 g/mol. The third kappa shape index (κ3) is 7.48. The number of halogens is 4. The molecule has 0 spiro atoms. The Morgan fingerprint density at radius 3 is 2.16 bits per heavy atom. The number of likely N-dealkylation sites (tertiary alicyclic amines) is 3. The van der Waals surface area contributed by atoms with Gasteiger partial charge in [-0.1, -0.05) is 17.7 Å². The summed E-state index contributed by atoms with van der Waals surface area (Å²) in [6.07, 6.45) is -3.22. The molecule has 12 heteroatoms. The van der Waals surface area contributed by atoms with Gasteiger partial charge in [0.1, 0.15) is 6.10 Å². The largest absolute Gasteiger partial charge is 0.446 e. The van der Waals surface area contributed by atoms with Gasteiger partial charge in [0.25, 0.3) is 5.91 Å². The molecule has 0 bridgehead atoms. The number of aryl methyl sites for hydroxylation is 1. The van der Waals surface area contributed by atoms with Gasteiger partial charge in [-0.3, -0.25) is 14.5 Å². The standard InChI is InChI=1S/C32H38ClF3N4O4/c1-21-4-9-27(16-29(21)33)40(31(43)44-28-10-14-38(15-11-28)22(2)41)13-3-12-37-17-24-19-39(20-25(24)18-37)30(42)23-5-7-26(8-6-23)32(34,35)36/h4-9,16,24-25,28H,3,10-15,17-20H2,1-2H3. The molecule has 0 saturated carbocycles. The summed E-state index contributed by atoms with van der Waals surface area (Å²) in [5.41, 5.74) is 1.08. The summed E-state index contributed by atoms with van der Waals surface area (Å²) >= 11 is 6.39. The van der Waals surface area contributed by atoms with Crippen molar-refractivity contribution in [2.75, 3.05) is 57.3 Å². The van der Waals surface area contributed by atoms with Crippen molar-refractivity contribution in [3.8, 4) is 0 Å². The van der Waals surface area contributed by atoms with Crippen molar-refractivity contribution >= 4 is 35.2 Å². The lowest BCUT2D eigenvalue weighted by Crippen LogP contribution is -2.43. The number of anilines is 1. The first-order valence-electron chi connectivity index (χ1n) is 15.1. The van der Waals surface area contributed by atoms with E-state index in [1.54, 1.807) is 27.7 Å². The van der Waals surface area contributed by atoms with Crippen LogP contribution >= 0.6 is 11.6 Å². The van der Waals surface area contributed by atoms with Gasteiger partial charge < -0.3 is 19.4 Å². The number of amides is 3. The number of ether oxygens (including phenoxy) is 1. The number of carbonyl (C=O) groups excluding carboxylic acids is 3. The average molecular weight is 635 g/mol. The van der Waals surface area contributed by atoms with Crippen LogP contribution in [0.1, 0.15) is 47.7 Å². The normalized spacial score (nSPS) is 21.0. The van der Waals surface area contributed by atoms with Gasteiger partial charge in [0.15, 0.2) is 0 Å². The Kier molecular flexibility index (Phi) is 9.74. The number of rotatable bonds is 7. The average Bonchev–Trinajstić information content (AvgIpc) is 3.55. The van der Waals surface area contributed by atoms with Crippen molar-refractivity contribution in [2.24, 2.45) is 11.8 Å². The minimum Gasteiger partial charge on any atom is -0.446 e. The van der Waals surface area contributed by atoms with Gasteiger partial charge in [-0.25, -0.2) is 4.79 Å². The van der Waals surface area contributed by atoms with Crippen LogP contribution in [0.4, 0.5) is 23.7 Å². The fraction of sp³-hybridized carbons (Fsp3) is 0.531. The van der Waals surface area contributed by atoms with Gasteiger partial charge in [0, 0.05) is 81.9 Å². The van der Waals surface area contributed by atoms with Crippen molar-refractivity contribution in [3.05, 3.63) is 64.2 Å². The highest BCUT2D eigenvalue weighted by Crippen LogP contribution is 2.33. The fourth-order valence-corrected chi connectivity index (χ4v) is 6.62. The first-order valence-corrected chi connectivity index (χ1v) is 15.5. The Bertz CT molecular complexity index is 1350. The van der Waals surface area contributed by atoms with E-state index in [9.17, 15) is 27.6 Å². The van der Waals surface area contributed by atoms with Crippen LogP contribution in [0, 0.1) is 18.8 Å². The highest BCUT2D eigenvalue weighted by molar-refractivity contribution is 6.31. The lowest BCUT2D eigenvalue weighted by Gasteiger charge is -2.32. The molecule has 238 valence electrons. The highest BCUT2D eigenvalue weighted by Gasteiger charge is 2.41. The number of hydrogen-bond donors (Lipinski definition) is 0. The molecule has 3 aliphatic heterocycles. The van der Waals surface area contributed by atoms with Gasteiger partial charge >= 0.3 is 12.3 Å². The Hall–Kier alpha value is -3.31. The Morgan fingerprint density at radius 1 is 0.955 bits per heavy atom. The smallest absolute Gasteiger partial charge is 0.416 e. The van der Waals surface area contributed by atoms with Crippen LogP contribution in [-0.2, 0) is 15.7 Å². The number of piperidine rings is 1. The van der Waals surface area contributed by atoms with E-state index >= 15 is 0 Å². The summed E-state index contributed by atoms with van der Waals surface area (Å²) in [5, 5.41) is 0.567. The van der Waals surface area contributed by atoms with Gasteiger partial charge in [-0.2, -0.15) is 13.2 Å². The first kappa shape index (κ1) is 32.1. The Labute approximate surface area is 260 Å². The Morgan fingerprint density at radius 2 is 1.59 bits per heavy atom. The number of alkyl halides is 3. The molecule has 0 radical (unpaired) electrons. The predicted molar refractivity (Wildman–Crippen MR) is 161 cm³/mol. The van der Waals surface area contributed by atoms with Crippen molar-refractivity contribution < 1.29 is 32.3 Å². The molecule has 2 aromatic rings. The zero-order valence-electron chi connectivity index (χ0n) is 25.0. The number of benzene rings is 2. The summed E-state index contributed by atoms with van der Waals surface area (Å²) in [6.45, 7) is 8.56. The maximum Gasteiger partial charge on any atom is 0.416 e. The summed E-state index contributed by atoms with van der Waals surface area (Å²) in [5.74, 6) is 0.380. The molecule has 3 heterocycles. The second-order valence-corrected chi connectivity index (χ2v) is 12.5. The molecule has 3 amide bonds. The number of nitrogens with zero attached hydrogens (tertiary/aromatic N) is 4. The molecule has 2 atom stereocenters. The van der Waals surface area contributed by atoms with Crippen molar-refractivity contribution in [1.29, 1.82) is 0 Å². The van der Waals surface area contributed by atoms with Gasteiger partial charge in [0.05, 0.1) is 5.56 Å². The molecule has 3 aliphatic rings. The molecule has 2 unspecified atom stereocenters. The zero-order valence-corrected chi connectivity index (χ0v) is 25.7. The highest BCUT2D eigenvalue weighted by atomic mass is 35.5. The number of fused-ring (bicyclic) bond motifs is 1. The SMILES string of the molecule is CC(=O)N1CCC(OC(=O)N(CCCN2CC3CN(C(=O)c4ccc(C(F)(F)F)cc4)CC3C2)c2ccc(C)c(Cl)c2)CC1. The first-order chi connectivity index (χ1) is 20.9. The molecule has 5 rings (SSSR count). The second kappa shape index (κ2) is 13.4. The summed E-state index contributed by atoms with van der Waals surface area (Å²) in [7, 11) is 0. The van der Waals surface area contributed by atoms with Crippen LogP contribution < -0.4 is 4.90 Å². The summed E-state index contributed by atoms with van der Waals surface area (Å²) in [4.78, 5) is 45.5. The van der Waals surface area contributed by atoms with Crippen molar-refractivity contribution in [3.63, 3.8) is 0 Å². The molecule has 0 aromatic heterocycles. The lowest BCUT2D eigenvalue weighted by atomic mass is 10.0. The van der Waals surface area contributed by atoms with Crippen LogP contribution in [-0.4, -0.2) is 91.1 Å². The third-order valence-electron chi connectivity index (χ3n) is 9.01. The lowest BCUT2D eigenvalue weighted by molar-refractivity contribution is -0.137. The molecule has 8 nitrogen and oxygen atoms in total. The maximum atomic E-state index is 13.4. The monoisotopic (exact) mass is 634 g/mol. The maximum absolute atomic E-state index is 13.4. The third-order valence-corrected chi connectivity index (χ3v) is 9.41. The van der Waals surface area contributed by atoms with Crippen molar-refractivity contribution in [2.45, 2.75) is 45.4 Å². The Balaban J connectivity index is 1.13. The van der Waals surface area contributed by atoms with Crippen LogP contribution in [0.2, 0.25) is 5.02 Å². The zero-order chi connectivity index (χ0) is 31.6. The summed E-state index contributed by atoms with van der Waals surface area (Å²) < 4.78 is 44.6. The molecule has 2 aromatic carbocycles. The van der Waals surface area contributed by atoms with Crippen LogP contribution in [0.25, 0.3) is 0 Å². The number of hydrogen-bond acceptors (Lipinski definition) is 5. The van der Waals surface area contributed by atoms with Crippen LogP contribution in [0.15, 0.2) is 42.5 Å². The summed E-state index contributed by atoms with van der Waals surface area (Å²) in [6, 6.07) is 9.92.